The fourth-order valence-corrected chi connectivity index (χ4v) is 1.74. The van der Waals surface area contributed by atoms with Crippen LogP contribution in [0.1, 0.15) is 5.56 Å². The number of rotatable bonds is 9. The lowest BCUT2D eigenvalue weighted by Gasteiger charge is -2.06. The molecule has 4 heteroatoms. The molecule has 0 aliphatic heterocycles. The van der Waals surface area contributed by atoms with Gasteiger partial charge >= 0.3 is 0 Å². The molecule has 0 aromatic heterocycles. The van der Waals surface area contributed by atoms with E-state index in [1.807, 2.05) is 18.2 Å². The summed E-state index contributed by atoms with van der Waals surface area (Å²) in [5, 5.41) is 7.48. The largest absolute Gasteiger partial charge is 0.383 e. The summed E-state index contributed by atoms with van der Waals surface area (Å²) in [5.74, 6) is 0. The smallest absolute Gasteiger partial charge is 0.0587 e. The Morgan fingerprint density at radius 1 is 1.12 bits per heavy atom. The second-order valence-corrected chi connectivity index (χ2v) is 4.31. The Morgan fingerprint density at radius 3 is 2.59 bits per heavy atom. The van der Waals surface area contributed by atoms with Crippen molar-refractivity contribution in [3.05, 3.63) is 34.9 Å². The van der Waals surface area contributed by atoms with Crippen molar-refractivity contribution in [2.45, 2.75) is 6.42 Å². The molecule has 0 amide bonds. The highest BCUT2D eigenvalue weighted by Gasteiger charge is 1.94. The molecular weight excluding hydrogens is 236 g/mol. The zero-order chi connectivity index (χ0) is 12.3. The number of hydrogen-bond donors (Lipinski definition) is 2. The normalized spacial score (nSPS) is 10.7. The van der Waals surface area contributed by atoms with Crippen LogP contribution in [0.4, 0.5) is 0 Å². The van der Waals surface area contributed by atoms with E-state index in [0.717, 1.165) is 44.2 Å². The highest BCUT2D eigenvalue weighted by atomic mass is 35.5. The molecule has 0 saturated carbocycles. The minimum absolute atomic E-state index is 0.766. The average molecular weight is 257 g/mol. The zero-order valence-corrected chi connectivity index (χ0v) is 11.1. The summed E-state index contributed by atoms with van der Waals surface area (Å²) in [6.07, 6.45) is 1.01. The van der Waals surface area contributed by atoms with Crippen LogP contribution >= 0.6 is 11.6 Å². The predicted molar refractivity (Wildman–Crippen MR) is 72.8 cm³/mol. The molecule has 0 heterocycles. The molecule has 0 aliphatic carbocycles. The van der Waals surface area contributed by atoms with E-state index >= 15 is 0 Å². The molecule has 1 rings (SSSR count). The summed E-state index contributed by atoms with van der Waals surface area (Å²) in [5.41, 5.74) is 1.28. The second kappa shape index (κ2) is 9.42. The van der Waals surface area contributed by atoms with Crippen molar-refractivity contribution in [2.75, 3.05) is 39.9 Å². The third-order valence-electron chi connectivity index (χ3n) is 2.44. The van der Waals surface area contributed by atoms with Crippen molar-refractivity contribution in [1.29, 1.82) is 0 Å². The SMILES string of the molecule is COCCNCCNCCc1cccc(Cl)c1. The molecule has 1 aromatic rings. The van der Waals surface area contributed by atoms with Crippen molar-refractivity contribution in [1.82, 2.24) is 10.6 Å². The molecule has 0 spiro atoms. The quantitative estimate of drug-likeness (QED) is 0.660. The van der Waals surface area contributed by atoms with Gasteiger partial charge in [0, 0.05) is 31.8 Å². The van der Waals surface area contributed by atoms with Gasteiger partial charge in [0.1, 0.15) is 0 Å². The Bertz CT molecular complexity index is 307. The topological polar surface area (TPSA) is 33.3 Å². The van der Waals surface area contributed by atoms with Gasteiger partial charge in [0.15, 0.2) is 0 Å². The molecule has 0 unspecified atom stereocenters. The standard InChI is InChI=1S/C13H21ClN2O/c1-17-10-9-16-8-7-15-6-5-12-3-2-4-13(14)11-12/h2-4,11,15-16H,5-10H2,1H3. The minimum Gasteiger partial charge on any atom is -0.383 e. The molecule has 0 fully saturated rings. The maximum Gasteiger partial charge on any atom is 0.0587 e. The molecule has 0 bridgehead atoms. The van der Waals surface area contributed by atoms with Gasteiger partial charge in [-0.15, -0.1) is 0 Å². The third kappa shape index (κ3) is 7.34. The van der Waals surface area contributed by atoms with E-state index in [9.17, 15) is 0 Å². The van der Waals surface area contributed by atoms with Gasteiger partial charge in [0.25, 0.3) is 0 Å². The molecule has 0 aliphatic rings. The number of halogens is 1. The van der Waals surface area contributed by atoms with Crippen LogP contribution in [0, 0.1) is 0 Å². The van der Waals surface area contributed by atoms with Crippen molar-refractivity contribution < 1.29 is 4.74 Å². The highest BCUT2D eigenvalue weighted by molar-refractivity contribution is 6.30. The fraction of sp³-hybridized carbons (Fsp3) is 0.538. The molecular formula is C13H21ClN2O. The summed E-state index contributed by atoms with van der Waals surface area (Å²) in [7, 11) is 1.71. The van der Waals surface area contributed by atoms with Gasteiger partial charge in [0.2, 0.25) is 0 Å². The van der Waals surface area contributed by atoms with E-state index < -0.39 is 0 Å². The van der Waals surface area contributed by atoms with Crippen LogP contribution < -0.4 is 10.6 Å². The number of methoxy groups -OCH3 is 1. The summed E-state index contributed by atoms with van der Waals surface area (Å²) >= 11 is 5.91. The molecule has 17 heavy (non-hydrogen) atoms. The summed E-state index contributed by atoms with van der Waals surface area (Å²) in [4.78, 5) is 0. The molecule has 1 aromatic carbocycles. The molecule has 0 radical (unpaired) electrons. The van der Waals surface area contributed by atoms with E-state index in [2.05, 4.69) is 16.7 Å². The Morgan fingerprint density at radius 2 is 1.88 bits per heavy atom. The van der Waals surface area contributed by atoms with Gasteiger partial charge in [0.05, 0.1) is 6.61 Å². The Kier molecular flexibility index (Phi) is 8.01. The Labute approximate surface area is 109 Å². The van der Waals surface area contributed by atoms with Crippen molar-refractivity contribution in [2.24, 2.45) is 0 Å². The van der Waals surface area contributed by atoms with E-state index in [1.165, 1.54) is 5.56 Å². The molecule has 0 atom stereocenters. The lowest BCUT2D eigenvalue weighted by Crippen LogP contribution is -2.30. The van der Waals surface area contributed by atoms with Gasteiger partial charge in [-0.2, -0.15) is 0 Å². The maximum absolute atomic E-state index is 5.91. The first-order valence-corrected chi connectivity index (χ1v) is 6.35. The fourth-order valence-electron chi connectivity index (χ4n) is 1.53. The van der Waals surface area contributed by atoms with Crippen molar-refractivity contribution >= 4 is 11.6 Å². The molecule has 2 N–H and O–H groups in total. The number of ether oxygens (including phenoxy) is 1. The van der Waals surface area contributed by atoms with Gasteiger partial charge in [-0.05, 0) is 30.7 Å². The van der Waals surface area contributed by atoms with Crippen LogP contribution in [0.25, 0.3) is 0 Å². The first-order chi connectivity index (χ1) is 8.33. The number of hydrogen-bond acceptors (Lipinski definition) is 3. The lowest BCUT2D eigenvalue weighted by atomic mass is 10.1. The lowest BCUT2D eigenvalue weighted by molar-refractivity contribution is 0.199. The molecule has 0 saturated heterocycles. The van der Waals surface area contributed by atoms with Crippen LogP contribution in [-0.2, 0) is 11.2 Å². The van der Waals surface area contributed by atoms with Crippen LogP contribution in [0.5, 0.6) is 0 Å². The van der Waals surface area contributed by atoms with Gasteiger partial charge in [-0.3, -0.25) is 0 Å². The van der Waals surface area contributed by atoms with E-state index in [0.29, 0.717) is 0 Å². The minimum atomic E-state index is 0.766. The Hall–Kier alpha value is -0.610. The summed E-state index contributed by atoms with van der Waals surface area (Å²) in [6, 6.07) is 8.01. The first-order valence-electron chi connectivity index (χ1n) is 5.98. The van der Waals surface area contributed by atoms with Crippen LogP contribution in [0.3, 0.4) is 0 Å². The Balaban J connectivity index is 1.97. The zero-order valence-electron chi connectivity index (χ0n) is 10.3. The first kappa shape index (κ1) is 14.5. The summed E-state index contributed by atoms with van der Waals surface area (Å²) in [6.45, 7) is 4.60. The predicted octanol–water partition coefficient (Wildman–Crippen LogP) is 1.71. The van der Waals surface area contributed by atoms with Crippen molar-refractivity contribution in [3.8, 4) is 0 Å². The van der Waals surface area contributed by atoms with E-state index in [4.69, 9.17) is 16.3 Å². The van der Waals surface area contributed by atoms with Gasteiger partial charge < -0.3 is 15.4 Å². The maximum atomic E-state index is 5.91. The van der Waals surface area contributed by atoms with Gasteiger partial charge in [-0.25, -0.2) is 0 Å². The highest BCUT2D eigenvalue weighted by Crippen LogP contribution is 2.10. The number of nitrogens with one attached hydrogen (secondary N) is 2. The van der Waals surface area contributed by atoms with Crippen molar-refractivity contribution in [3.63, 3.8) is 0 Å². The van der Waals surface area contributed by atoms with Crippen LogP contribution in [-0.4, -0.2) is 39.9 Å². The van der Waals surface area contributed by atoms with E-state index in [-0.39, 0.29) is 0 Å². The third-order valence-corrected chi connectivity index (χ3v) is 2.68. The molecule has 3 nitrogen and oxygen atoms in total. The molecule has 96 valence electrons. The van der Waals surface area contributed by atoms with E-state index in [1.54, 1.807) is 7.11 Å². The summed E-state index contributed by atoms with van der Waals surface area (Å²) < 4.78 is 4.94. The van der Waals surface area contributed by atoms with Crippen LogP contribution in [0.2, 0.25) is 5.02 Å². The van der Waals surface area contributed by atoms with Gasteiger partial charge in [-0.1, -0.05) is 23.7 Å². The second-order valence-electron chi connectivity index (χ2n) is 3.87. The number of benzene rings is 1. The average Bonchev–Trinajstić information content (AvgIpc) is 2.33. The van der Waals surface area contributed by atoms with Crippen LogP contribution in [0.15, 0.2) is 24.3 Å². The monoisotopic (exact) mass is 256 g/mol.